The molecular formula is C29H32N2O4S. The third-order valence-corrected chi connectivity index (χ3v) is 8.03. The van der Waals surface area contributed by atoms with Gasteiger partial charge in [-0.1, -0.05) is 17.7 Å². The molecule has 0 radical (unpaired) electrons. The standard InChI is InChI=1S/C29H32N2O4S/c1-19-4-11-26(20(2)16-19)35-18-25-24-13-15-36-27(24)12-14-30(25)28(32)17-31(22-7-8-22)29(33)21-5-9-23(34-3)10-6-21/h4-6,9-11,13,15-16,22,25H,7-8,12,14,17-18H2,1-3H3/t25-/m0/s1. The van der Waals surface area contributed by atoms with Gasteiger partial charge in [0.2, 0.25) is 5.91 Å². The first-order valence-corrected chi connectivity index (χ1v) is 13.3. The summed E-state index contributed by atoms with van der Waals surface area (Å²) in [7, 11) is 1.60. The summed E-state index contributed by atoms with van der Waals surface area (Å²) >= 11 is 1.74. The number of thiophene rings is 1. The zero-order valence-corrected chi connectivity index (χ0v) is 21.8. The Balaban J connectivity index is 1.34. The fraction of sp³-hybridized carbons (Fsp3) is 0.379. The van der Waals surface area contributed by atoms with E-state index in [1.807, 2.05) is 24.0 Å². The molecule has 188 valence electrons. The van der Waals surface area contributed by atoms with Crippen LogP contribution >= 0.6 is 11.3 Å². The average Bonchev–Trinajstić information content (AvgIpc) is 3.61. The Kier molecular flexibility index (Phi) is 7.01. The van der Waals surface area contributed by atoms with Crippen LogP contribution in [0.4, 0.5) is 0 Å². The van der Waals surface area contributed by atoms with Crippen molar-refractivity contribution in [2.45, 2.75) is 45.2 Å². The Morgan fingerprint density at radius 1 is 1.08 bits per heavy atom. The van der Waals surface area contributed by atoms with Gasteiger partial charge in [-0.05, 0) is 86.0 Å². The Hall–Kier alpha value is -3.32. The molecule has 0 saturated heterocycles. The van der Waals surface area contributed by atoms with Crippen molar-refractivity contribution in [3.63, 3.8) is 0 Å². The molecule has 2 heterocycles. The Labute approximate surface area is 216 Å². The first-order chi connectivity index (χ1) is 17.4. The lowest BCUT2D eigenvalue weighted by atomic mass is 10.00. The van der Waals surface area contributed by atoms with Crippen LogP contribution in [0, 0.1) is 13.8 Å². The number of aryl methyl sites for hydroxylation is 2. The molecule has 0 spiro atoms. The molecule has 7 heteroatoms. The highest BCUT2D eigenvalue weighted by Crippen LogP contribution is 2.35. The highest BCUT2D eigenvalue weighted by Gasteiger charge is 2.38. The molecular weight excluding hydrogens is 472 g/mol. The first kappa shape index (κ1) is 24.4. The van der Waals surface area contributed by atoms with E-state index in [1.54, 1.807) is 47.6 Å². The Morgan fingerprint density at radius 2 is 1.86 bits per heavy atom. The van der Waals surface area contributed by atoms with Crippen LogP contribution in [0.5, 0.6) is 11.5 Å². The molecule has 36 heavy (non-hydrogen) atoms. The molecule has 1 aromatic heterocycles. The van der Waals surface area contributed by atoms with Crippen LogP contribution in [0.1, 0.15) is 50.8 Å². The molecule has 2 aliphatic rings. The lowest BCUT2D eigenvalue weighted by Crippen LogP contribution is -2.48. The summed E-state index contributed by atoms with van der Waals surface area (Å²) in [4.78, 5) is 32.0. The topological polar surface area (TPSA) is 59.1 Å². The fourth-order valence-electron chi connectivity index (χ4n) is 4.89. The van der Waals surface area contributed by atoms with Gasteiger partial charge in [0.1, 0.15) is 24.7 Å². The summed E-state index contributed by atoms with van der Waals surface area (Å²) in [6.45, 7) is 5.20. The van der Waals surface area contributed by atoms with Crippen molar-refractivity contribution >= 4 is 23.2 Å². The normalized spacial score (nSPS) is 16.9. The number of benzene rings is 2. The van der Waals surface area contributed by atoms with Crippen molar-refractivity contribution in [1.82, 2.24) is 9.80 Å². The second kappa shape index (κ2) is 10.3. The van der Waals surface area contributed by atoms with E-state index in [1.165, 1.54) is 10.4 Å². The molecule has 2 amide bonds. The van der Waals surface area contributed by atoms with Gasteiger partial charge in [0.25, 0.3) is 5.91 Å². The summed E-state index contributed by atoms with van der Waals surface area (Å²) in [6.07, 6.45) is 2.70. The zero-order valence-electron chi connectivity index (χ0n) is 21.0. The molecule has 1 aliphatic carbocycles. The Bertz CT molecular complexity index is 1250. The summed E-state index contributed by atoms with van der Waals surface area (Å²) in [5.41, 5.74) is 4.00. The zero-order chi connectivity index (χ0) is 25.2. The van der Waals surface area contributed by atoms with E-state index in [-0.39, 0.29) is 30.4 Å². The second-order valence-electron chi connectivity index (χ2n) is 9.62. The van der Waals surface area contributed by atoms with Crippen LogP contribution < -0.4 is 9.47 Å². The maximum absolute atomic E-state index is 13.7. The molecule has 3 aromatic rings. The largest absolute Gasteiger partial charge is 0.497 e. The third-order valence-electron chi connectivity index (χ3n) is 7.03. The minimum absolute atomic E-state index is 0.0326. The highest BCUT2D eigenvalue weighted by molar-refractivity contribution is 7.10. The van der Waals surface area contributed by atoms with Crippen molar-refractivity contribution in [3.05, 3.63) is 81.0 Å². The van der Waals surface area contributed by atoms with Gasteiger partial charge in [0.15, 0.2) is 0 Å². The van der Waals surface area contributed by atoms with Crippen molar-refractivity contribution < 1.29 is 19.1 Å². The maximum atomic E-state index is 13.7. The van der Waals surface area contributed by atoms with Crippen LogP contribution in [0.3, 0.4) is 0 Å². The fourth-order valence-corrected chi connectivity index (χ4v) is 5.82. The third kappa shape index (κ3) is 5.12. The number of rotatable bonds is 8. The van der Waals surface area contributed by atoms with E-state index in [9.17, 15) is 9.59 Å². The number of ether oxygens (including phenoxy) is 2. The van der Waals surface area contributed by atoms with E-state index < -0.39 is 0 Å². The van der Waals surface area contributed by atoms with Crippen molar-refractivity contribution in [2.24, 2.45) is 0 Å². The number of carbonyl (C=O) groups is 2. The number of carbonyl (C=O) groups excluding carboxylic acids is 2. The van der Waals surface area contributed by atoms with E-state index in [4.69, 9.17) is 9.47 Å². The molecule has 0 bridgehead atoms. The van der Waals surface area contributed by atoms with Gasteiger partial charge < -0.3 is 19.3 Å². The number of amides is 2. The van der Waals surface area contributed by atoms with Gasteiger partial charge in [-0.3, -0.25) is 9.59 Å². The van der Waals surface area contributed by atoms with Crippen LogP contribution in [0.25, 0.3) is 0 Å². The van der Waals surface area contributed by atoms with Crippen LogP contribution in [0.2, 0.25) is 0 Å². The monoisotopic (exact) mass is 504 g/mol. The van der Waals surface area contributed by atoms with Gasteiger partial charge in [-0.15, -0.1) is 11.3 Å². The van der Waals surface area contributed by atoms with E-state index in [2.05, 4.69) is 24.4 Å². The minimum Gasteiger partial charge on any atom is -0.497 e. The maximum Gasteiger partial charge on any atom is 0.254 e. The number of methoxy groups -OCH3 is 1. The smallest absolute Gasteiger partial charge is 0.254 e. The first-order valence-electron chi connectivity index (χ1n) is 12.5. The van der Waals surface area contributed by atoms with E-state index in [0.717, 1.165) is 36.1 Å². The molecule has 1 atom stereocenters. The molecule has 0 unspecified atom stereocenters. The van der Waals surface area contributed by atoms with Crippen molar-refractivity contribution in [3.8, 4) is 11.5 Å². The number of fused-ring (bicyclic) bond motifs is 1. The van der Waals surface area contributed by atoms with Gasteiger partial charge in [-0.25, -0.2) is 0 Å². The predicted octanol–water partition coefficient (Wildman–Crippen LogP) is 5.18. The number of hydrogen-bond acceptors (Lipinski definition) is 5. The number of nitrogens with zero attached hydrogens (tertiary/aromatic N) is 2. The average molecular weight is 505 g/mol. The lowest BCUT2D eigenvalue weighted by Gasteiger charge is -2.37. The summed E-state index contributed by atoms with van der Waals surface area (Å²) in [5, 5.41) is 2.09. The second-order valence-corrected chi connectivity index (χ2v) is 10.6. The molecule has 1 aliphatic heterocycles. The summed E-state index contributed by atoms with van der Waals surface area (Å²) < 4.78 is 11.5. The van der Waals surface area contributed by atoms with Crippen molar-refractivity contribution in [1.29, 1.82) is 0 Å². The number of hydrogen-bond donors (Lipinski definition) is 0. The van der Waals surface area contributed by atoms with E-state index >= 15 is 0 Å². The minimum atomic E-state index is -0.176. The quantitative estimate of drug-likeness (QED) is 0.424. The van der Waals surface area contributed by atoms with Crippen LogP contribution in [0.15, 0.2) is 53.9 Å². The van der Waals surface area contributed by atoms with E-state index in [0.29, 0.717) is 24.5 Å². The van der Waals surface area contributed by atoms with Gasteiger partial charge >= 0.3 is 0 Å². The van der Waals surface area contributed by atoms with Gasteiger partial charge in [0, 0.05) is 23.0 Å². The van der Waals surface area contributed by atoms with Crippen molar-refractivity contribution in [2.75, 3.05) is 26.8 Å². The van der Waals surface area contributed by atoms with Crippen LogP contribution in [-0.4, -0.2) is 54.5 Å². The summed E-state index contributed by atoms with van der Waals surface area (Å²) in [5.74, 6) is 1.40. The van der Waals surface area contributed by atoms with Crippen LogP contribution in [-0.2, 0) is 11.2 Å². The lowest BCUT2D eigenvalue weighted by molar-refractivity contribution is -0.135. The molecule has 2 aromatic carbocycles. The highest BCUT2D eigenvalue weighted by atomic mass is 32.1. The predicted molar refractivity (Wildman–Crippen MR) is 141 cm³/mol. The van der Waals surface area contributed by atoms with Gasteiger partial charge in [0.05, 0.1) is 13.2 Å². The molecule has 1 fully saturated rings. The molecule has 5 rings (SSSR count). The Morgan fingerprint density at radius 3 is 2.56 bits per heavy atom. The molecule has 0 N–H and O–H groups in total. The van der Waals surface area contributed by atoms with Gasteiger partial charge in [-0.2, -0.15) is 0 Å². The summed E-state index contributed by atoms with van der Waals surface area (Å²) in [6, 6.07) is 15.3. The molecule has 1 saturated carbocycles. The molecule has 6 nitrogen and oxygen atoms in total. The SMILES string of the molecule is COc1ccc(C(=O)N(CC(=O)N2CCc3sccc3[C@@H]2COc2ccc(C)cc2C)C2CC2)cc1.